The van der Waals surface area contributed by atoms with Crippen molar-refractivity contribution in [1.82, 2.24) is 9.13 Å². The van der Waals surface area contributed by atoms with Gasteiger partial charge in [0.1, 0.15) is 0 Å². The molecule has 0 atom stereocenters. The Labute approximate surface area is 152 Å². The number of benzene rings is 2. The van der Waals surface area contributed by atoms with Gasteiger partial charge >= 0.3 is 5.97 Å². The van der Waals surface area contributed by atoms with Crippen LogP contribution in [0.15, 0.2) is 48.7 Å². The molecule has 2 heterocycles. The van der Waals surface area contributed by atoms with Gasteiger partial charge in [-0.15, -0.1) is 0 Å². The summed E-state index contributed by atoms with van der Waals surface area (Å²) < 4.78 is 9.12. The molecule has 2 aromatic heterocycles. The standard InChI is InChI=1S/C22H22N2O2/c1-14-5-6-15-10-20(24(3)19(15)9-14)16-7-8-18-17(12-22(25)26-4)13-23(2)21(18)11-16/h5-11,13H,12H2,1-4H3. The van der Waals surface area contributed by atoms with Gasteiger partial charge in [0, 0.05) is 53.4 Å². The number of fused-ring (bicyclic) bond motifs is 2. The summed E-state index contributed by atoms with van der Waals surface area (Å²) in [5.41, 5.74) is 6.95. The van der Waals surface area contributed by atoms with Crippen LogP contribution in [0.25, 0.3) is 33.1 Å². The van der Waals surface area contributed by atoms with E-state index in [1.807, 2.05) is 13.2 Å². The van der Waals surface area contributed by atoms with E-state index in [0.29, 0.717) is 6.42 Å². The van der Waals surface area contributed by atoms with Gasteiger partial charge in [-0.1, -0.05) is 24.3 Å². The van der Waals surface area contributed by atoms with Crippen molar-refractivity contribution in [2.75, 3.05) is 7.11 Å². The maximum Gasteiger partial charge on any atom is 0.310 e. The molecule has 2 aromatic carbocycles. The number of aryl methyl sites for hydroxylation is 3. The number of carbonyl (C=O) groups excluding carboxylic acids is 1. The summed E-state index contributed by atoms with van der Waals surface area (Å²) in [6, 6.07) is 15.2. The molecule has 26 heavy (non-hydrogen) atoms. The Hall–Kier alpha value is -3.01. The third-order valence-electron chi connectivity index (χ3n) is 5.13. The lowest BCUT2D eigenvalue weighted by atomic mass is 10.1. The summed E-state index contributed by atoms with van der Waals surface area (Å²) >= 11 is 0. The second-order valence-electron chi connectivity index (χ2n) is 6.90. The predicted molar refractivity (Wildman–Crippen MR) is 105 cm³/mol. The van der Waals surface area contributed by atoms with E-state index in [0.717, 1.165) is 16.5 Å². The van der Waals surface area contributed by atoms with E-state index in [1.54, 1.807) is 0 Å². The number of nitrogens with zero attached hydrogens (tertiary/aromatic N) is 2. The summed E-state index contributed by atoms with van der Waals surface area (Å²) in [6.45, 7) is 2.12. The molecular formula is C22H22N2O2. The Balaban J connectivity index is 1.85. The van der Waals surface area contributed by atoms with Gasteiger partial charge in [0.05, 0.1) is 13.5 Å². The number of aromatic nitrogens is 2. The van der Waals surface area contributed by atoms with Crippen LogP contribution in [0.1, 0.15) is 11.1 Å². The van der Waals surface area contributed by atoms with Crippen LogP contribution in [0.4, 0.5) is 0 Å². The minimum absolute atomic E-state index is 0.217. The Bertz CT molecular complexity index is 1150. The van der Waals surface area contributed by atoms with Crippen molar-refractivity contribution in [3.8, 4) is 11.3 Å². The lowest BCUT2D eigenvalue weighted by molar-refractivity contribution is -0.139. The SMILES string of the molecule is COC(=O)Cc1cn(C)c2cc(-c3cc4ccc(C)cc4n3C)ccc12. The van der Waals surface area contributed by atoms with E-state index >= 15 is 0 Å². The Morgan fingerprint density at radius 1 is 1.04 bits per heavy atom. The van der Waals surface area contributed by atoms with Crippen molar-refractivity contribution in [2.24, 2.45) is 14.1 Å². The fraction of sp³-hybridized carbons (Fsp3) is 0.227. The number of ether oxygens (including phenoxy) is 1. The van der Waals surface area contributed by atoms with Crippen LogP contribution >= 0.6 is 0 Å². The van der Waals surface area contributed by atoms with Crippen LogP contribution in [0.3, 0.4) is 0 Å². The molecule has 0 spiro atoms. The number of hydrogen-bond donors (Lipinski definition) is 0. The highest BCUT2D eigenvalue weighted by Gasteiger charge is 2.14. The number of hydrogen-bond acceptors (Lipinski definition) is 2. The van der Waals surface area contributed by atoms with Crippen LogP contribution in [0, 0.1) is 6.92 Å². The molecule has 4 aromatic rings. The number of methoxy groups -OCH3 is 1. The monoisotopic (exact) mass is 346 g/mol. The molecule has 0 aliphatic carbocycles. The molecule has 0 radical (unpaired) electrons. The van der Waals surface area contributed by atoms with E-state index < -0.39 is 0 Å². The van der Waals surface area contributed by atoms with Crippen LogP contribution in [0.5, 0.6) is 0 Å². The first-order chi connectivity index (χ1) is 12.5. The van der Waals surface area contributed by atoms with Crippen molar-refractivity contribution < 1.29 is 9.53 Å². The third-order valence-corrected chi connectivity index (χ3v) is 5.13. The maximum atomic E-state index is 11.7. The summed E-state index contributed by atoms with van der Waals surface area (Å²) in [4.78, 5) is 11.7. The van der Waals surface area contributed by atoms with Crippen molar-refractivity contribution in [3.63, 3.8) is 0 Å². The molecule has 4 heteroatoms. The molecule has 0 amide bonds. The predicted octanol–water partition coefficient (Wildman–Crippen LogP) is 4.36. The van der Waals surface area contributed by atoms with Gasteiger partial charge in [-0.25, -0.2) is 0 Å². The van der Waals surface area contributed by atoms with E-state index in [2.05, 4.69) is 65.6 Å². The summed E-state index contributed by atoms with van der Waals surface area (Å²) in [7, 11) is 5.54. The smallest absolute Gasteiger partial charge is 0.310 e. The molecule has 4 rings (SSSR count). The molecule has 0 unspecified atom stereocenters. The van der Waals surface area contributed by atoms with Crippen molar-refractivity contribution in [2.45, 2.75) is 13.3 Å². The molecule has 0 aliphatic rings. The highest BCUT2D eigenvalue weighted by Crippen LogP contribution is 2.31. The number of rotatable bonds is 3. The zero-order chi connectivity index (χ0) is 18.4. The zero-order valence-corrected chi connectivity index (χ0v) is 15.5. The summed E-state index contributed by atoms with van der Waals surface area (Å²) in [6.07, 6.45) is 2.30. The van der Waals surface area contributed by atoms with E-state index in [9.17, 15) is 4.79 Å². The molecule has 0 aliphatic heterocycles. The van der Waals surface area contributed by atoms with Gasteiger partial charge < -0.3 is 13.9 Å². The van der Waals surface area contributed by atoms with Gasteiger partial charge in [-0.3, -0.25) is 4.79 Å². The van der Waals surface area contributed by atoms with Crippen LogP contribution < -0.4 is 0 Å². The van der Waals surface area contributed by atoms with E-state index in [-0.39, 0.29) is 5.97 Å². The fourth-order valence-electron chi connectivity index (χ4n) is 3.71. The van der Waals surface area contributed by atoms with Crippen molar-refractivity contribution in [1.29, 1.82) is 0 Å². The van der Waals surface area contributed by atoms with Crippen molar-refractivity contribution in [3.05, 3.63) is 59.8 Å². The van der Waals surface area contributed by atoms with Gasteiger partial charge in [0.25, 0.3) is 0 Å². The topological polar surface area (TPSA) is 36.2 Å². The van der Waals surface area contributed by atoms with Crippen molar-refractivity contribution >= 4 is 27.8 Å². The van der Waals surface area contributed by atoms with Gasteiger partial charge in [-0.2, -0.15) is 0 Å². The Morgan fingerprint density at radius 3 is 2.62 bits per heavy atom. The third kappa shape index (κ3) is 2.58. The average Bonchev–Trinajstić information content (AvgIpc) is 3.12. The second kappa shape index (κ2) is 6.06. The minimum Gasteiger partial charge on any atom is -0.469 e. The Kier molecular flexibility index (Phi) is 3.83. The molecular weight excluding hydrogens is 324 g/mol. The lowest BCUT2D eigenvalue weighted by Crippen LogP contribution is -2.03. The van der Waals surface area contributed by atoms with Gasteiger partial charge in [0.15, 0.2) is 0 Å². The van der Waals surface area contributed by atoms with E-state index in [4.69, 9.17) is 4.74 Å². The first kappa shape index (κ1) is 16.5. The quantitative estimate of drug-likeness (QED) is 0.517. The van der Waals surface area contributed by atoms with Gasteiger partial charge in [0.2, 0.25) is 0 Å². The summed E-state index contributed by atoms with van der Waals surface area (Å²) in [5, 5.41) is 2.34. The van der Waals surface area contributed by atoms with Gasteiger partial charge in [-0.05, 0) is 36.2 Å². The molecule has 0 saturated heterocycles. The molecule has 0 bridgehead atoms. The van der Waals surface area contributed by atoms with E-state index in [1.165, 1.54) is 34.8 Å². The molecule has 0 N–H and O–H groups in total. The lowest BCUT2D eigenvalue weighted by Gasteiger charge is -2.06. The molecule has 4 nitrogen and oxygen atoms in total. The molecule has 0 saturated carbocycles. The normalized spacial score (nSPS) is 11.4. The second-order valence-corrected chi connectivity index (χ2v) is 6.90. The highest BCUT2D eigenvalue weighted by molar-refractivity contribution is 5.93. The first-order valence-corrected chi connectivity index (χ1v) is 8.69. The molecule has 0 fully saturated rings. The number of carbonyl (C=O) groups is 1. The Morgan fingerprint density at radius 2 is 1.85 bits per heavy atom. The molecule has 132 valence electrons. The van der Waals surface area contributed by atoms with Crippen LogP contribution in [0.2, 0.25) is 0 Å². The largest absolute Gasteiger partial charge is 0.469 e. The van der Waals surface area contributed by atoms with Crippen LogP contribution in [-0.2, 0) is 30.0 Å². The summed E-state index contributed by atoms with van der Waals surface area (Å²) in [5.74, 6) is -0.217. The zero-order valence-electron chi connectivity index (χ0n) is 15.5. The highest BCUT2D eigenvalue weighted by atomic mass is 16.5. The first-order valence-electron chi connectivity index (χ1n) is 8.69. The van der Waals surface area contributed by atoms with Crippen LogP contribution in [-0.4, -0.2) is 22.2 Å². The average molecular weight is 346 g/mol. The number of esters is 1. The maximum absolute atomic E-state index is 11.7. The minimum atomic E-state index is -0.217. The fourth-order valence-corrected chi connectivity index (χ4v) is 3.71.